The van der Waals surface area contributed by atoms with E-state index in [0.717, 1.165) is 11.3 Å². The Morgan fingerprint density at radius 2 is 2.09 bits per heavy atom. The zero-order valence-electron chi connectivity index (χ0n) is 13.7. The van der Waals surface area contributed by atoms with Crippen LogP contribution >= 0.6 is 23.2 Å². The lowest BCUT2D eigenvalue weighted by Crippen LogP contribution is -2.48. The first-order valence-electron chi connectivity index (χ1n) is 7.37. The second-order valence-corrected chi connectivity index (χ2v) is 7.47. The number of nitrogens with zero attached hydrogens (tertiary/aromatic N) is 2. The quantitative estimate of drug-likeness (QED) is 0.890. The minimum absolute atomic E-state index is 0.135. The smallest absolute Gasteiger partial charge is 0.317 e. The first-order valence-corrected chi connectivity index (χ1v) is 8.13. The normalized spacial score (nSPS) is 17.5. The lowest BCUT2D eigenvalue weighted by molar-refractivity contribution is 0.0649. The van der Waals surface area contributed by atoms with E-state index in [9.17, 15) is 4.79 Å². The monoisotopic (exact) mass is 357 g/mol. The topological polar surface area (TPSA) is 53.9 Å². The van der Waals surface area contributed by atoms with E-state index in [1.807, 2.05) is 26.8 Å². The Morgan fingerprint density at radius 3 is 2.70 bits per heavy atom. The molecule has 1 atom stereocenters. The lowest BCUT2D eigenvalue weighted by Gasteiger charge is -2.26. The Bertz CT molecular complexity index is 626. The van der Waals surface area contributed by atoms with Crippen molar-refractivity contribution in [2.45, 2.75) is 38.8 Å². The van der Waals surface area contributed by atoms with Crippen molar-refractivity contribution in [3.63, 3.8) is 0 Å². The van der Waals surface area contributed by atoms with Gasteiger partial charge in [-0.05, 0) is 32.9 Å². The molecule has 0 spiro atoms. The van der Waals surface area contributed by atoms with E-state index < -0.39 is 0 Å². The van der Waals surface area contributed by atoms with Gasteiger partial charge in [0.1, 0.15) is 0 Å². The molecule has 126 valence electrons. The van der Waals surface area contributed by atoms with E-state index in [-0.39, 0.29) is 17.7 Å². The number of nitrogens with one attached hydrogen (secondary N) is 1. The van der Waals surface area contributed by atoms with Crippen molar-refractivity contribution in [1.82, 2.24) is 10.2 Å². The molecule has 0 unspecified atom stereocenters. The summed E-state index contributed by atoms with van der Waals surface area (Å²) in [6.45, 7) is 6.28. The minimum Gasteiger partial charge on any atom is -0.390 e. The summed E-state index contributed by atoms with van der Waals surface area (Å²) in [6.07, 6.45) is 0.445. The predicted octanol–water partition coefficient (Wildman–Crippen LogP) is 3.93. The summed E-state index contributed by atoms with van der Waals surface area (Å²) < 4.78 is 0. The van der Waals surface area contributed by atoms with E-state index in [4.69, 9.17) is 28.0 Å². The molecule has 1 N–H and O–H groups in total. The third-order valence-corrected chi connectivity index (χ3v) is 4.03. The average molecular weight is 358 g/mol. The summed E-state index contributed by atoms with van der Waals surface area (Å²) in [7, 11) is 1.74. The second kappa shape index (κ2) is 6.97. The van der Waals surface area contributed by atoms with Crippen molar-refractivity contribution in [1.29, 1.82) is 0 Å². The standard InChI is InChI=1S/C16H21Cl2N3O2/c1-16(2,3)19-15(22)21(4)9-11-8-14(20-23-11)10-5-6-12(17)13(18)7-10/h5-7,11H,8-9H2,1-4H3,(H,19,22)/t11-/m0/s1. The van der Waals surface area contributed by atoms with Crippen LogP contribution in [0.3, 0.4) is 0 Å². The number of amides is 2. The third kappa shape index (κ3) is 5.01. The number of benzene rings is 1. The van der Waals surface area contributed by atoms with Crippen LogP contribution in [0, 0.1) is 0 Å². The minimum atomic E-state index is -0.274. The number of halogens is 2. The molecule has 7 heteroatoms. The molecule has 1 aromatic rings. The van der Waals surface area contributed by atoms with Crippen LogP contribution in [-0.2, 0) is 4.84 Å². The first-order chi connectivity index (χ1) is 10.7. The predicted molar refractivity (Wildman–Crippen MR) is 93.4 cm³/mol. The van der Waals surface area contributed by atoms with Gasteiger partial charge in [-0.1, -0.05) is 34.4 Å². The van der Waals surface area contributed by atoms with Crippen LogP contribution in [0.15, 0.2) is 23.4 Å². The highest BCUT2D eigenvalue weighted by Gasteiger charge is 2.26. The maximum absolute atomic E-state index is 12.1. The van der Waals surface area contributed by atoms with Crippen molar-refractivity contribution in [2.75, 3.05) is 13.6 Å². The van der Waals surface area contributed by atoms with Crippen molar-refractivity contribution < 1.29 is 9.63 Å². The van der Waals surface area contributed by atoms with Gasteiger partial charge in [0.05, 0.1) is 22.3 Å². The first kappa shape index (κ1) is 17.9. The summed E-state index contributed by atoms with van der Waals surface area (Å²) in [4.78, 5) is 19.1. The number of likely N-dealkylation sites (N-methyl/N-ethyl adjacent to an activating group) is 1. The van der Waals surface area contributed by atoms with Crippen LogP contribution in [0.2, 0.25) is 10.0 Å². The Hall–Kier alpha value is -1.46. The van der Waals surface area contributed by atoms with Gasteiger partial charge >= 0.3 is 6.03 Å². The number of carbonyl (C=O) groups excluding carboxylic acids is 1. The number of oxime groups is 1. The average Bonchev–Trinajstić information content (AvgIpc) is 2.88. The molecule has 1 aromatic carbocycles. The summed E-state index contributed by atoms with van der Waals surface area (Å²) in [6, 6.07) is 5.22. The fourth-order valence-electron chi connectivity index (χ4n) is 2.18. The molecular formula is C16H21Cl2N3O2. The van der Waals surface area contributed by atoms with Gasteiger partial charge in [0.25, 0.3) is 0 Å². The van der Waals surface area contributed by atoms with Gasteiger partial charge in [-0.2, -0.15) is 0 Å². The zero-order valence-corrected chi connectivity index (χ0v) is 15.2. The number of hydrogen-bond acceptors (Lipinski definition) is 3. The molecule has 23 heavy (non-hydrogen) atoms. The summed E-state index contributed by atoms with van der Waals surface area (Å²) in [5.74, 6) is 0. The molecule has 0 bridgehead atoms. The molecule has 0 saturated heterocycles. The second-order valence-electron chi connectivity index (χ2n) is 6.66. The SMILES string of the molecule is CN(C[C@@H]1CC(c2ccc(Cl)c(Cl)c2)=NO1)C(=O)NC(C)(C)C. The van der Waals surface area contributed by atoms with Crippen LogP contribution in [-0.4, -0.2) is 41.9 Å². The maximum atomic E-state index is 12.1. The molecular weight excluding hydrogens is 337 g/mol. The van der Waals surface area contributed by atoms with Gasteiger partial charge < -0.3 is 15.1 Å². The molecule has 0 saturated carbocycles. The zero-order chi connectivity index (χ0) is 17.2. The van der Waals surface area contributed by atoms with Crippen LogP contribution in [0.1, 0.15) is 32.8 Å². The molecule has 1 heterocycles. The van der Waals surface area contributed by atoms with E-state index in [1.165, 1.54) is 0 Å². The number of urea groups is 1. The van der Waals surface area contributed by atoms with Crippen LogP contribution in [0.4, 0.5) is 4.79 Å². The number of rotatable bonds is 3. The molecule has 2 rings (SSSR count). The van der Waals surface area contributed by atoms with Gasteiger partial charge in [0, 0.05) is 24.6 Å². The molecule has 0 radical (unpaired) electrons. The van der Waals surface area contributed by atoms with Crippen molar-refractivity contribution >= 4 is 34.9 Å². The molecule has 0 fully saturated rings. The fourth-order valence-corrected chi connectivity index (χ4v) is 2.48. The number of carbonyl (C=O) groups is 1. The summed E-state index contributed by atoms with van der Waals surface area (Å²) in [5, 5.41) is 8.00. The van der Waals surface area contributed by atoms with Gasteiger partial charge in [-0.15, -0.1) is 0 Å². The van der Waals surface area contributed by atoms with Crippen molar-refractivity contribution in [3.8, 4) is 0 Å². The van der Waals surface area contributed by atoms with Crippen LogP contribution in [0.5, 0.6) is 0 Å². The molecule has 0 aromatic heterocycles. The van der Waals surface area contributed by atoms with E-state index in [2.05, 4.69) is 10.5 Å². The Balaban J connectivity index is 1.91. The molecule has 1 aliphatic heterocycles. The molecule has 0 aliphatic carbocycles. The fraction of sp³-hybridized carbons (Fsp3) is 0.500. The van der Waals surface area contributed by atoms with E-state index >= 15 is 0 Å². The van der Waals surface area contributed by atoms with Crippen molar-refractivity contribution in [2.24, 2.45) is 5.16 Å². The van der Waals surface area contributed by atoms with Crippen LogP contribution < -0.4 is 5.32 Å². The van der Waals surface area contributed by atoms with E-state index in [0.29, 0.717) is 23.0 Å². The van der Waals surface area contributed by atoms with Gasteiger partial charge in [0.2, 0.25) is 0 Å². The van der Waals surface area contributed by atoms with Gasteiger partial charge in [-0.3, -0.25) is 0 Å². The molecule has 1 aliphatic rings. The summed E-state index contributed by atoms with van der Waals surface area (Å²) >= 11 is 11.9. The Kier molecular flexibility index (Phi) is 5.42. The third-order valence-electron chi connectivity index (χ3n) is 3.29. The largest absolute Gasteiger partial charge is 0.390 e. The Morgan fingerprint density at radius 1 is 1.39 bits per heavy atom. The number of hydrogen-bond donors (Lipinski definition) is 1. The highest BCUT2D eigenvalue weighted by Crippen LogP contribution is 2.25. The van der Waals surface area contributed by atoms with Gasteiger partial charge in [-0.25, -0.2) is 4.79 Å². The van der Waals surface area contributed by atoms with Gasteiger partial charge in [0.15, 0.2) is 6.10 Å². The highest BCUT2D eigenvalue weighted by molar-refractivity contribution is 6.42. The van der Waals surface area contributed by atoms with Crippen LogP contribution in [0.25, 0.3) is 0 Å². The molecule has 5 nitrogen and oxygen atoms in total. The maximum Gasteiger partial charge on any atom is 0.317 e. The van der Waals surface area contributed by atoms with Crippen molar-refractivity contribution in [3.05, 3.63) is 33.8 Å². The van der Waals surface area contributed by atoms with E-state index in [1.54, 1.807) is 24.1 Å². The summed E-state index contributed by atoms with van der Waals surface area (Å²) in [5.41, 5.74) is 1.41. The lowest BCUT2D eigenvalue weighted by atomic mass is 10.0. The highest BCUT2D eigenvalue weighted by atomic mass is 35.5. The Labute approximate surface area is 146 Å². The molecule has 2 amide bonds.